The van der Waals surface area contributed by atoms with Crippen molar-refractivity contribution in [1.82, 2.24) is 4.90 Å². The maximum absolute atomic E-state index is 14.0. The highest BCUT2D eigenvalue weighted by molar-refractivity contribution is 5.81. The van der Waals surface area contributed by atoms with Gasteiger partial charge >= 0.3 is 11.9 Å². The number of ether oxygens (including phenoxy) is 3. The van der Waals surface area contributed by atoms with Gasteiger partial charge < -0.3 is 24.2 Å². The molecule has 1 saturated heterocycles. The number of carbonyl (C=O) groups excluding carboxylic acids is 2. The van der Waals surface area contributed by atoms with Gasteiger partial charge in [-0.3, -0.25) is 4.79 Å². The van der Waals surface area contributed by atoms with Gasteiger partial charge in [-0.05, 0) is 57.0 Å². The second-order valence-corrected chi connectivity index (χ2v) is 15.8. The number of likely N-dealkylation sites (tertiary alicyclic amines) is 1. The number of hydrogen-bond acceptors (Lipinski definition) is 7. The number of aryl methyl sites for hydroxylation is 1. The number of esters is 2. The maximum atomic E-state index is 14.0. The molecule has 2 aliphatic carbocycles. The van der Waals surface area contributed by atoms with Gasteiger partial charge in [0.05, 0.1) is 11.0 Å². The zero-order valence-corrected chi connectivity index (χ0v) is 31.4. The van der Waals surface area contributed by atoms with Crippen molar-refractivity contribution < 1.29 is 28.9 Å². The number of piperidine rings is 1. The van der Waals surface area contributed by atoms with Crippen LogP contribution >= 0.6 is 0 Å². The van der Waals surface area contributed by atoms with Gasteiger partial charge in [0, 0.05) is 30.0 Å². The van der Waals surface area contributed by atoms with Crippen LogP contribution < -0.4 is 4.74 Å². The highest BCUT2D eigenvalue weighted by Gasteiger charge is 2.71. The van der Waals surface area contributed by atoms with E-state index >= 15 is 0 Å². The molecule has 0 unspecified atom stereocenters. The van der Waals surface area contributed by atoms with E-state index in [1.807, 2.05) is 31.2 Å². The van der Waals surface area contributed by atoms with Crippen LogP contribution in [-0.2, 0) is 30.9 Å². The number of benzene rings is 2. The van der Waals surface area contributed by atoms with Crippen LogP contribution in [0, 0.1) is 6.92 Å². The average Bonchev–Trinajstić information content (AvgIpc) is 3.49. The lowest BCUT2D eigenvalue weighted by Crippen LogP contribution is -2.74. The number of carbonyl (C=O) groups is 2. The third kappa shape index (κ3) is 7.81. The van der Waals surface area contributed by atoms with Gasteiger partial charge in [-0.25, -0.2) is 4.79 Å². The molecule has 0 amide bonds. The zero-order chi connectivity index (χ0) is 35.8. The first kappa shape index (κ1) is 37.6. The molecule has 7 nitrogen and oxygen atoms in total. The van der Waals surface area contributed by atoms with Crippen molar-refractivity contribution in [2.45, 2.75) is 165 Å². The van der Waals surface area contributed by atoms with Crippen LogP contribution in [0.3, 0.4) is 0 Å². The van der Waals surface area contributed by atoms with Crippen LogP contribution in [-0.4, -0.2) is 53.3 Å². The lowest BCUT2D eigenvalue weighted by atomic mass is 9.50. The Hall–Kier alpha value is -3.16. The summed E-state index contributed by atoms with van der Waals surface area (Å²) in [5, 5.41) is 12.5. The molecule has 4 aliphatic rings. The van der Waals surface area contributed by atoms with E-state index in [-0.39, 0.29) is 12.5 Å². The molecule has 2 bridgehead atoms. The van der Waals surface area contributed by atoms with E-state index in [9.17, 15) is 14.7 Å². The van der Waals surface area contributed by atoms with E-state index in [1.165, 1.54) is 82.6 Å². The van der Waals surface area contributed by atoms with Gasteiger partial charge in [-0.1, -0.05) is 139 Å². The SMILES string of the molecule is CCCCCCCCCCCCCCCCCC(=O)O[C@H](C(=O)OC1=CC[C@@]2(O)[C@H]3Cc4ccc(C)c5c4[C@@]2(CCN3C)[C@H]1O5)c1ccccc1. The molecule has 5 atom stereocenters. The van der Waals surface area contributed by atoms with Crippen molar-refractivity contribution in [2.75, 3.05) is 13.6 Å². The summed E-state index contributed by atoms with van der Waals surface area (Å²) in [7, 11) is 2.08. The summed E-state index contributed by atoms with van der Waals surface area (Å²) in [6.07, 6.45) is 21.0. The van der Waals surface area contributed by atoms with Crippen LogP contribution in [0.25, 0.3) is 0 Å². The number of hydrogen-bond donors (Lipinski definition) is 1. The van der Waals surface area contributed by atoms with Gasteiger partial charge in [0.2, 0.25) is 6.10 Å². The molecule has 7 heteroatoms. The Bertz CT molecular complexity index is 1520. The largest absolute Gasteiger partial charge is 0.481 e. The van der Waals surface area contributed by atoms with Gasteiger partial charge in [0.1, 0.15) is 11.5 Å². The number of unbranched alkanes of at least 4 members (excludes halogenated alkanes) is 14. The number of likely N-dealkylation sites (N-methyl/N-ethyl adjacent to an activating group) is 1. The summed E-state index contributed by atoms with van der Waals surface area (Å²) in [6.45, 7) is 5.11. The van der Waals surface area contributed by atoms with Gasteiger partial charge in [-0.15, -0.1) is 0 Å². The molecule has 6 rings (SSSR count). The standard InChI is InChI=1S/C44H61NO6/c1-4-5-6-7-8-9-10-11-12-13-14-15-16-17-21-24-37(46)50-40(33-22-19-18-20-23-33)42(47)49-35-27-28-44(48)36-31-34-26-25-32(2)39-38(34)43(44,41(35)51-39)29-30-45(36)3/h18-20,22-23,25-27,36,40-41,48H,4-17,21,24,28-31H2,1-3H3/t36-,40+,41+,43+,44-/m1/s1. The first-order chi connectivity index (χ1) is 24.8. The zero-order valence-electron chi connectivity index (χ0n) is 31.4. The molecular formula is C44H61NO6. The average molecular weight is 700 g/mol. The van der Waals surface area contributed by atoms with E-state index in [4.69, 9.17) is 14.2 Å². The van der Waals surface area contributed by atoms with E-state index in [0.29, 0.717) is 24.2 Å². The number of nitrogens with zero attached hydrogens (tertiary/aromatic N) is 1. The monoisotopic (exact) mass is 699 g/mol. The molecule has 2 aromatic rings. The van der Waals surface area contributed by atoms with Crippen molar-refractivity contribution in [3.05, 3.63) is 76.6 Å². The molecule has 1 fully saturated rings. The molecule has 278 valence electrons. The molecule has 2 heterocycles. The fraction of sp³-hybridized carbons (Fsp3) is 0.636. The van der Waals surface area contributed by atoms with Crippen molar-refractivity contribution >= 4 is 11.9 Å². The Morgan fingerprint density at radius 3 is 2.18 bits per heavy atom. The van der Waals surface area contributed by atoms with Crippen molar-refractivity contribution in [3.8, 4) is 5.75 Å². The fourth-order valence-electron chi connectivity index (χ4n) is 9.47. The van der Waals surface area contributed by atoms with E-state index < -0.39 is 35.2 Å². The third-order valence-corrected chi connectivity index (χ3v) is 12.3. The Morgan fingerprint density at radius 2 is 1.53 bits per heavy atom. The molecule has 0 aromatic heterocycles. The highest BCUT2D eigenvalue weighted by Crippen LogP contribution is 2.64. The quantitative estimate of drug-likeness (QED) is 0.109. The molecule has 2 aromatic carbocycles. The lowest BCUT2D eigenvalue weighted by Gasteiger charge is -2.61. The van der Waals surface area contributed by atoms with E-state index in [2.05, 4.69) is 31.0 Å². The molecule has 1 spiro atoms. The van der Waals surface area contributed by atoms with Crippen LogP contribution in [0.5, 0.6) is 5.75 Å². The van der Waals surface area contributed by atoms with Crippen LogP contribution in [0.15, 0.2) is 54.3 Å². The second-order valence-electron chi connectivity index (χ2n) is 15.8. The molecule has 51 heavy (non-hydrogen) atoms. The van der Waals surface area contributed by atoms with Crippen LogP contribution in [0.1, 0.15) is 151 Å². The summed E-state index contributed by atoms with van der Waals surface area (Å²) in [4.78, 5) is 29.4. The highest BCUT2D eigenvalue weighted by atomic mass is 16.6. The van der Waals surface area contributed by atoms with Crippen molar-refractivity contribution in [1.29, 1.82) is 0 Å². The molecule has 0 radical (unpaired) electrons. The first-order valence-electron chi connectivity index (χ1n) is 20.2. The Balaban J connectivity index is 1.01. The number of rotatable bonds is 20. The summed E-state index contributed by atoms with van der Waals surface area (Å²) < 4.78 is 18.8. The molecule has 2 aliphatic heterocycles. The Kier molecular flexibility index (Phi) is 12.6. The predicted octanol–water partition coefficient (Wildman–Crippen LogP) is 9.36. The first-order valence-corrected chi connectivity index (χ1v) is 20.2. The van der Waals surface area contributed by atoms with E-state index in [0.717, 1.165) is 49.1 Å². The normalized spacial score (nSPS) is 25.1. The summed E-state index contributed by atoms with van der Waals surface area (Å²) in [5.74, 6) is 0.167. The lowest BCUT2D eigenvalue weighted by molar-refractivity contribution is -0.176. The summed E-state index contributed by atoms with van der Waals surface area (Å²) in [6, 6.07) is 13.3. The molecular weight excluding hydrogens is 638 g/mol. The van der Waals surface area contributed by atoms with Crippen molar-refractivity contribution in [3.63, 3.8) is 0 Å². The second kappa shape index (κ2) is 17.1. The van der Waals surface area contributed by atoms with Gasteiger partial charge in [0.25, 0.3) is 0 Å². The minimum Gasteiger partial charge on any atom is -0.481 e. The Morgan fingerprint density at radius 1 is 0.902 bits per heavy atom. The Labute approximate surface area is 306 Å². The summed E-state index contributed by atoms with van der Waals surface area (Å²) in [5.41, 5.74) is 2.10. The minimum absolute atomic E-state index is 0.0651. The molecule has 0 saturated carbocycles. The van der Waals surface area contributed by atoms with E-state index in [1.54, 1.807) is 12.1 Å². The smallest absolute Gasteiger partial charge is 0.357 e. The van der Waals surface area contributed by atoms with Gasteiger partial charge in [0.15, 0.2) is 6.10 Å². The third-order valence-electron chi connectivity index (χ3n) is 12.3. The molecule has 1 N–H and O–H groups in total. The topological polar surface area (TPSA) is 85.3 Å². The number of aliphatic hydroxyl groups is 1. The summed E-state index contributed by atoms with van der Waals surface area (Å²) >= 11 is 0. The van der Waals surface area contributed by atoms with Crippen LogP contribution in [0.4, 0.5) is 0 Å². The van der Waals surface area contributed by atoms with Crippen LogP contribution in [0.2, 0.25) is 0 Å². The predicted molar refractivity (Wildman–Crippen MR) is 201 cm³/mol. The minimum atomic E-state index is -1.19. The maximum Gasteiger partial charge on any atom is 0.357 e. The van der Waals surface area contributed by atoms with Crippen molar-refractivity contribution in [2.24, 2.45) is 0 Å². The fourth-order valence-corrected chi connectivity index (χ4v) is 9.47. The van der Waals surface area contributed by atoms with Gasteiger partial charge in [-0.2, -0.15) is 0 Å².